The van der Waals surface area contributed by atoms with E-state index in [1.54, 1.807) is 6.07 Å². The maximum atomic E-state index is 12.0. The van der Waals surface area contributed by atoms with Gasteiger partial charge >= 0.3 is 5.97 Å². The Bertz CT molecular complexity index is 445. The lowest BCUT2D eigenvalue weighted by molar-refractivity contribution is -0.00272. The van der Waals surface area contributed by atoms with Crippen LogP contribution in [0.2, 0.25) is 0 Å². The number of esters is 1. The molecule has 1 saturated heterocycles. The number of ether oxygens (including phenoxy) is 2. The topological polar surface area (TPSA) is 35.5 Å². The van der Waals surface area contributed by atoms with Crippen LogP contribution in [0, 0.1) is 10.5 Å². The van der Waals surface area contributed by atoms with Gasteiger partial charge in [-0.2, -0.15) is 0 Å². The van der Waals surface area contributed by atoms with Crippen molar-refractivity contribution in [3.05, 3.63) is 32.9 Å². The molecule has 1 aliphatic rings. The van der Waals surface area contributed by atoms with Gasteiger partial charge in [0.15, 0.2) is 0 Å². The molecule has 4 heteroatoms. The van der Waals surface area contributed by atoms with Crippen molar-refractivity contribution in [2.75, 3.05) is 6.61 Å². The summed E-state index contributed by atoms with van der Waals surface area (Å²) in [6.07, 6.45) is 2.36. The van der Waals surface area contributed by atoms with Crippen LogP contribution in [0.5, 0.6) is 0 Å². The molecule has 1 aliphatic heterocycles. The smallest absolute Gasteiger partial charge is 0.339 e. The van der Waals surface area contributed by atoms with Crippen molar-refractivity contribution in [1.82, 2.24) is 0 Å². The zero-order chi connectivity index (χ0) is 13.1. The number of halogens is 1. The van der Waals surface area contributed by atoms with E-state index in [1.807, 2.05) is 26.0 Å². The fourth-order valence-electron chi connectivity index (χ4n) is 2.06. The minimum Gasteiger partial charge on any atom is -0.459 e. The summed E-state index contributed by atoms with van der Waals surface area (Å²) >= 11 is 2.18. The molecule has 0 amide bonds. The fourth-order valence-corrected chi connectivity index (χ4v) is 2.64. The Morgan fingerprint density at radius 3 is 2.94 bits per heavy atom. The van der Waals surface area contributed by atoms with Gasteiger partial charge in [-0.05, 0) is 60.9 Å². The third-order valence-electron chi connectivity index (χ3n) is 3.13. The molecule has 0 spiro atoms. The van der Waals surface area contributed by atoms with Crippen LogP contribution >= 0.6 is 22.6 Å². The predicted molar refractivity (Wildman–Crippen MR) is 77.7 cm³/mol. The van der Waals surface area contributed by atoms with Crippen LogP contribution in [0.15, 0.2) is 18.2 Å². The molecule has 1 fully saturated rings. The monoisotopic (exact) mass is 360 g/mol. The number of rotatable bonds is 3. The van der Waals surface area contributed by atoms with E-state index in [0.29, 0.717) is 12.2 Å². The van der Waals surface area contributed by atoms with E-state index in [-0.39, 0.29) is 18.2 Å². The third kappa shape index (κ3) is 3.23. The highest BCUT2D eigenvalue weighted by atomic mass is 127. The number of carbonyl (C=O) groups excluding carboxylic acids is 1. The van der Waals surface area contributed by atoms with Gasteiger partial charge in [0.1, 0.15) is 6.61 Å². The van der Waals surface area contributed by atoms with Gasteiger partial charge in [0.2, 0.25) is 0 Å². The van der Waals surface area contributed by atoms with Gasteiger partial charge in [-0.3, -0.25) is 0 Å². The van der Waals surface area contributed by atoms with E-state index >= 15 is 0 Å². The molecule has 2 unspecified atom stereocenters. The largest absolute Gasteiger partial charge is 0.459 e. The first-order valence-corrected chi connectivity index (χ1v) is 7.23. The zero-order valence-corrected chi connectivity index (χ0v) is 12.8. The lowest BCUT2D eigenvalue weighted by Crippen LogP contribution is -2.19. The van der Waals surface area contributed by atoms with E-state index in [9.17, 15) is 4.79 Å². The quantitative estimate of drug-likeness (QED) is 0.613. The summed E-state index contributed by atoms with van der Waals surface area (Å²) in [7, 11) is 0. The highest BCUT2D eigenvalue weighted by Gasteiger charge is 2.23. The van der Waals surface area contributed by atoms with Crippen LogP contribution in [0.25, 0.3) is 0 Å². The summed E-state index contributed by atoms with van der Waals surface area (Å²) in [5.41, 5.74) is 1.73. The van der Waals surface area contributed by atoms with E-state index in [4.69, 9.17) is 9.47 Å². The summed E-state index contributed by atoms with van der Waals surface area (Å²) in [5, 5.41) is 0. The first-order chi connectivity index (χ1) is 8.58. The van der Waals surface area contributed by atoms with E-state index in [1.165, 1.54) is 0 Å². The SMILES string of the molecule is Cc1cccc(C(=O)OCC2CCC(C)O2)c1I. The molecule has 98 valence electrons. The summed E-state index contributed by atoms with van der Waals surface area (Å²) in [5.74, 6) is -0.258. The molecular weight excluding hydrogens is 343 g/mol. The summed E-state index contributed by atoms with van der Waals surface area (Å²) < 4.78 is 11.9. The lowest BCUT2D eigenvalue weighted by atomic mass is 10.1. The highest BCUT2D eigenvalue weighted by Crippen LogP contribution is 2.21. The van der Waals surface area contributed by atoms with Crippen molar-refractivity contribution in [1.29, 1.82) is 0 Å². The minimum absolute atomic E-state index is 0.0615. The van der Waals surface area contributed by atoms with Crippen LogP contribution in [0.4, 0.5) is 0 Å². The maximum absolute atomic E-state index is 12.0. The molecule has 3 nitrogen and oxygen atoms in total. The molecule has 1 heterocycles. The van der Waals surface area contributed by atoms with Crippen LogP contribution in [-0.4, -0.2) is 24.8 Å². The molecule has 0 aliphatic carbocycles. The van der Waals surface area contributed by atoms with Gasteiger partial charge in [-0.15, -0.1) is 0 Å². The second-order valence-corrected chi connectivity index (χ2v) is 5.76. The van der Waals surface area contributed by atoms with Gasteiger partial charge in [0, 0.05) is 3.57 Å². The number of carbonyl (C=O) groups is 1. The van der Waals surface area contributed by atoms with Gasteiger partial charge in [-0.1, -0.05) is 12.1 Å². The number of benzene rings is 1. The van der Waals surface area contributed by atoms with E-state index < -0.39 is 0 Å². The average Bonchev–Trinajstić information content (AvgIpc) is 2.76. The molecular formula is C14H17IO3. The standard InChI is InChI=1S/C14H17IO3/c1-9-4-3-5-12(13(9)15)14(16)17-8-11-7-6-10(2)18-11/h3-5,10-11H,6-8H2,1-2H3. The fraction of sp³-hybridized carbons (Fsp3) is 0.500. The number of hydrogen-bond donors (Lipinski definition) is 0. The summed E-state index contributed by atoms with van der Waals surface area (Å²) in [4.78, 5) is 12.0. The second-order valence-electron chi connectivity index (χ2n) is 4.68. The molecule has 1 aromatic rings. The van der Waals surface area contributed by atoms with Crippen molar-refractivity contribution in [2.24, 2.45) is 0 Å². The molecule has 1 aromatic carbocycles. The van der Waals surface area contributed by atoms with Crippen molar-refractivity contribution in [3.63, 3.8) is 0 Å². The number of hydrogen-bond acceptors (Lipinski definition) is 3. The summed E-state index contributed by atoms with van der Waals surface area (Å²) in [6, 6.07) is 5.66. The highest BCUT2D eigenvalue weighted by molar-refractivity contribution is 14.1. The third-order valence-corrected chi connectivity index (χ3v) is 4.56. The Balaban J connectivity index is 1.94. The maximum Gasteiger partial charge on any atom is 0.339 e. The van der Waals surface area contributed by atoms with Crippen molar-refractivity contribution in [2.45, 2.75) is 38.9 Å². The molecule has 2 rings (SSSR count). The average molecular weight is 360 g/mol. The molecule has 0 saturated carbocycles. The number of aryl methyl sites for hydroxylation is 1. The molecule has 2 atom stereocenters. The van der Waals surface area contributed by atoms with E-state index in [0.717, 1.165) is 22.0 Å². The summed E-state index contributed by atoms with van der Waals surface area (Å²) in [6.45, 7) is 4.39. The van der Waals surface area contributed by atoms with Crippen molar-refractivity contribution in [3.8, 4) is 0 Å². The van der Waals surface area contributed by atoms with Gasteiger partial charge in [-0.25, -0.2) is 4.79 Å². The molecule has 0 N–H and O–H groups in total. The van der Waals surface area contributed by atoms with Crippen molar-refractivity contribution >= 4 is 28.6 Å². The van der Waals surface area contributed by atoms with Gasteiger partial charge in [0.05, 0.1) is 17.8 Å². The Hall–Kier alpha value is -0.620. The van der Waals surface area contributed by atoms with Crippen LogP contribution < -0.4 is 0 Å². The zero-order valence-electron chi connectivity index (χ0n) is 10.6. The van der Waals surface area contributed by atoms with Gasteiger partial charge < -0.3 is 9.47 Å². The second kappa shape index (κ2) is 6.02. The Morgan fingerprint density at radius 2 is 2.28 bits per heavy atom. The minimum atomic E-state index is -0.258. The van der Waals surface area contributed by atoms with E-state index in [2.05, 4.69) is 22.6 Å². The molecule has 0 radical (unpaired) electrons. The molecule has 0 aromatic heterocycles. The Labute approximate surface area is 121 Å². The Morgan fingerprint density at radius 1 is 1.50 bits per heavy atom. The van der Waals surface area contributed by atoms with Crippen LogP contribution in [-0.2, 0) is 9.47 Å². The van der Waals surface area contributed by atoms with Crippen LogP contribution in [0.1, 0.15) is 35.7 Å². The Kier molecular flexibility index (Phi) is 4.61. The van der Waals surface area contributed by atoms with Gasteiger partial charge in [0.25, 0.3) is 0 Å². The lowest BCUT2D eigenvalue weighted by Gasteiger charge is -2.12. The molecule has 18 heavy (non-hydrogen) atoms. The van der Waals surface area contributed by atoms with Crippen molar-refractivity contribution < 1.29 is 14.3 Å². The first-order valence-electron chi connectivity index (χ1n) is 6.15. The normalized spacial score (nSPS) is 23.1. The molecule has 0 bridgehead atoms. The van der Waals surface area contributed by atoms with Crippen LogP contribution in [0.3, 0.4) is 0 Å². The first kappa shape index (κ1) is 13.8. The predicted octanol–water partition coefficient (Wildman–Crippen LogP) is 3.32.